The Balaban J connectivity index is 1.27. The molecular formula is C32H31NO6. The second kappa shape index (κ2) is 11.3. The standard InChI is InChI=1S/C32H31NO6/c1-21-28(20-29(35)38-22(2)23-6-4-3-5-7-23)30(39-33-21)26-10-8-24(9-11-26)25-12-14-27(15-13-25)32(16-17-32)31(36)37-19-18-34/h3-15,22,34H,16-20H2,1-2H3/t22-/m1/s1. The Hall–Kier alpha value is -4.23. The van der Waals surface area contributed by atoms with Crippen molar-refractivity contribution in [3.63, 3.8) is 0 Å². The van der Waals surface area contributed by atoms with Crippen LogP contribution in [0.3, 0.4) is 0 Å². The normalized spacial score (nSPS) is 14.4. The van der Waals surface area contributed by atoms with Crippen molar-refractivity contribution in [2.24, 2.45) is 0 Å². The van der Waals surface area contributed by atoms with Crippen molar-refractivity contribution < 1.29 is 28.7 Å². The third-order valence-corrected chi connectivity index (χ3v) is 7.27. The van der Waals surface area contributed by atoms with Gasteiger partial charge in [0, 0.05) is 11.1 Å². The zero-order valence-electron chi connectivity index (χ0n) is 22.1. The molecule has 1 atom stereocenters. The van der Waals surface area contributed by atoms with Gasteiger partial charge in [-0.25, -0.2) is 0 Å². The van der Waals surface area contributed by atoms with E-state index in [1.54, 1.807) is 0 Å². The molecule has 5 rings (SSSR count). The lowest BCUT2D eigenvalue weighted by molar-refractivity contribution is -0.148. The summed E-state index contributed by atoms with van der Waals surface area (Å²) >= 11 is 0. The van der Waals surface area contributed by atoms with Crippen molar-refractivity contribution in [1.29, 1.82) is 0 Å². The summed E-state index contributed by atoms with van der Waals surface area (Å²) in [5.74, 6) is -0.0646. The zero-order valence-corrected chi connectivity index (χ0v) is 22.1. The summed E-state index contributed by atoms with van der Waals surface area (Å²) in [6, 6.07) is 25.4. The van der Waals surface area contributed by atoms with Crippen molar-refractivity contribution in [3.05, 3.63) is 101 Å². The summed E-state index contributed by atoms with van der Waals surface area (Å²) in [5.41, 5.74) is 5.48. The Kier molecular flexibility index (Phi) is 7.61. The first kappa shape index (κ1) is 26.4. The molecule has 1 N–H and O–H groups in total. The average Bonchev–Trinajstić information content (AvgIpc) is 3.71. The number of aromatic nitrogens is 1. The lowest BCUT2D eigenvalue weighted by Crippen LogP contribution is -2.24. The second-order valence-corrected chi connectivity index (χ2v) is 9.89. The van der Waals surface area contributed by atoms with Gasteiger partial charge in [0.2, 0.25) is 0 Å². The van der Waals surface area contributed by atoms with Gasteiger partial charge < -0.3 is 19.1 Å². The highest BCUT2D eigenvalue weighted by molar-refractivity contribution is 5.87. The van der Waals surface area contributed by atoms with Crippen LogP contribution in [0, 0.1) is 6.92 Å². The molecule has 0 unspecified atom stereocenters. The molecule has 39 heavy (non-hydrogen) atoms. The minimum absolute atomic E-state index is 0.0193. The van der Waals surface area contributed by atoms with E-state index in [4.69, 9.17) is 19.1 Å². The number of benzene rings is 3. The van der Waals surface area contributed by atoms with Crippen molar-refractivity contribution in [2.75, 3.05) is 13.2 Å². The Morgan fingerprint density at radius 2 is 1.56 bits per heavy atom. The van der Waals surface area contributed by atoms with Crippen LogP contribution < -0.4 is 0 Å². The highest BCUT2D eigenvalue weighted by atomic mass is 16.5. The number of ether oxygens (including phenoxy) is 2. The van der Waals surface area contributed by atoms with Crippen LogP contribution in [0.5, 0.6) is 0 Å². The van der Waals surface area contributed by atoms with E-state index in [-0.39, 0.29) is 37.7 Å². The maximum atomic E-state index is 12.7. The average molecular weight is 526 g/mol. The van der Waals surface area contributed by atoms with Gasteiger partial charge in [-0.1, -0.05) is 84.0 Å². The SMILES string of the molecule is Cc1noc(-c2ccc(-c3ccc(C4(C(=O)OCCO)CC4)cc3)cc2)c1CC(=O)O[C@H](C)c1ccccc1. The van der Waals surface area contributed by atoms with E-state index in [9.17, 15) is 9.59 Å². The number of hydrogen-bond donors (Lipinski definition) is 1. The Morgan fingerprint density at radius 1 is 0.949 bits per heavy atom. The molecule has 1 aliphatic carbocycles. The van der Waals surface area contributed by atoms with Gasteiger partial charge >= 0.3 is 11.9 Å². The van der Waals surface area contributed by atoms with E-state index in [1.165, 1.54) is 0 Å². The maximum Gasteiger partial charge on any atom is 0.316 e. The minimum atomic E-state index is -0.585. The van der Waals surface area contributed by atoms with Crippen LogP contribution in [0.1, 0.15) is 48.3 Å². The first-order valence-corrected chi connectivity index (χ1v) is 13.1. The third kappa shape index (κ3) is 5.64. The Bertz CT molecular complexity index is 1440. The summed E-state index contributed by atoms with van der Waals surface area (Å²) in [5, 5.41) is 13.0. The molecule has 1 heterocycles. The number of carbonyl (C=O) groups excluding carboxylic acids is 2. The van der Waals surface area contributed by atoms with Gasteiger partial charge in [-0.15, -0.1) is 0 Å². The van der Waals surface area contributed by atoms with E-state index in [0.29, 0.717) is 17.0 Å². The number of aliphatic hydroxyl groups is 1. The number of rotatable bonds is 10. The molecular weight excluding hydrogens is 494 g/mol. The molecule has 7 heteroatoms. The predicted octanol–water partition coefficient (Wildman–Crippen LogP) is 5.73. The number of aliphatic hydroxyl groups excluding tert-OH is 1. The van der Waals surface area contributed by atoms with Gasteiger partial charge in [-0.05, 0) is 48.9 Å². The van der Waals surface area contributed by atoms with Gasteiger partial charge in [0.15, 0.2) is 5.76 Å². The highest BCUT2D eigenvalue weighted by Gasteiger charge is 2.52. The lowest BCUT2D eigenvalue weighted by Gasteiger charge is -2.15. The predicted molar refractivity (Wildman–Crippen MR) is 146 cm³/mol. The van der Waals surface area contributed by atoms with Crippen LogP contribution in [0.2, 0.25) is 0 Å². The van der Waals surface area contributed by atoms with Crippen LogP contribution >= 0.6 is 0 Å². The van der Waals surface area contributed by atoms with Crippen molar-refractivity contribution >= 4 is 11.9 Å². The van der Waals surface area contributed by atoms with E-state index in [2.05, 4.69) is 5.16 Å². The second-order valence-electron chi connectivity index (χ2n) is 9.89. The van der Waals surface area contributed by atoms with Gasteiger partial charge in [0.05, 0.1) is 24.1 Å². The summed E-state index contributed by atoms with van der Waals surface area (Å²) in [4.78, 5) is 25.2. The molecule has 0 saturated heterocycles. The summed E-state index contributed by atoms with van der Waals surface area (Å²) in [7, 11) is 0. The number of nitrogens with zero attached hydrogens (tertiary/aromatic N) is 1. The number of esters is 2. The molecule has 3 aromatic carbocycles. The molecule has 7 nitrogen and oxygen atoms in total. The molecule has 0 bridgehead atoms. The van der Waals surface area contributed by atoms with E-state index in [0.717, 1.165) is 40.7 Å². The Labute approximate surface area is 227 Å². The fraction of sp³-hybridized carbons (Fsp3) is 0.281. The third-order valence-electron chi connectivity index (χ3n) is 7.27. The lowest BCUT2D eigenvalue weighted by atomic mass is 9.93. The fourth-order valence-electron chi connectivity index (χ4n) is 4.81. The molecule has 0 radical (unpaired) electrons. The molecule has 1 aromatic heterocycles. The van der Waals surface area contributed by atoms with Gasteiger partial charge in [0.25, 0.3) is 0 Å². The van der Waals surface area contributed by atoms with Gasteiger partial charge in [0.1, 0.15) is 12.7 Å². The van der Waals surface area contributed by atoms with E-state index < -0.39 is 5.41 Å². The summed E-state index contributed by atoms with van der Waals surface area (Å²) < 4.78 is 16.5. The number of carbonyl (C=O) groups is 2. The topological polar surface area (TPSA) is 98.9 Å². The monoisotopic (exact) mass is 525 g/mol. The fourth-order valence-corrected chi connectivity index (χ4v) is 4.81. The van der Waals surface area contributed by atoms with Crippen LogP contribution in [0.15, 0.2) is 83.4 Å². The molecule has 0 amide bonds. The number of hydrogen-bond acceptors (Lipinski definition) is 7. The van der Waals surface area contributed by atoms with Gasteiger partial charge in [-0.2, -0.15) is 0 Å². The van der Waals surface area contributed by atoms with Crippen LogP contribution in [0.25, 0.3) is 22.5 Å². The molecule has 200 valence electrons. The largest absolute Gasteiger partial charge is 0.463 e. The minimum Gasteiger partial charge on any atom is -0.463 e. The molecule has 1 fully saturated rings. The van der Waals surface area contributed by atoms with Gasteiger partial charge in [-0.3, -0.25) is 9.59 Å². The first-order chi connectivity index (χ1) is 18.9. The van der Waals surface area contributed by atoms with Crippen LogP contribution in [-0.2, 0) is 30.9 Å². The molecule has 1 saturated carbocycles. The van der Waals surface area contributed by atoms with E-state index >= 15 is 0 Å². The summed E-state index contributed by atoms with van der Waals surface area (Å²) in [6.45, 7) is 3.51. The first-order valence-electron chi connectivity index (χ1n) is 13.1. The highest BCUT2D eigenvalue weighted by Crippen LogP contribution is 2.49. The van der Waals surface area contributed by atoms with Crippen LogP contribution in [0.4, 0.5) is 0 Å². The molecule has 0 aliphatic heterocycles. The van der Waals surface area contributed by atoms with Crippen molar-refractivity contribution in [1.82, 2.24) is 5.16 Å². The van der Waals surface area contributed by atoms with Crippen molar-refractivity contribution in [3.8, 4) is 22.5 Å². The quantitative estimate of drug-likeness (QED) is 0.264. The van der Waals surface area contributed by atoms with Crippen molar-refractivity contribution in [2.45, 2.75) is 44.6 Å². The van der Waals surface area contributed by atoms with Crippen LogP contribution in [-0.4, -0.2) is 35.4 Å². The summed E-state index contributed by atoms with van der Waals surface area (Å²) in [6.07, 6.45) is 1.22. The molecule has 0 spiro atoms. The molecule has 4 aromatic rings. The molecule has 1 aliphatic rings. The smallest absolute Gasteiger partial charge is 0.316 e. The maximum absolute atomic E-state index is 12.7. The number of aryl methyl sites for hydroxylation is 1. The Morgan fingerprint density at radius 3 is 2.18 bits per heavy atom. The zero-order chi connectivity index (χ0) is 27.4. The van der Waals surface area contributed by atoms with E-state index in [1.807, 2.05) is 92.7 Å².